The summed E-state index contributed by atoms with van der Waals surface area (Å²) in [5.41, 5.74) is 1.13. The molecule has 1 saturated heterocycles. The third-order valence-corrected chi connectivity index (χ3v) is 4.70. The zero-order valence-corrected chi connectivity index (χ0v) is 15.0. The first-order valence-electron chi connectivity index (χ1n) is 9.18. The first-order chi connectivity index (χ1) is 12.1. The third-order valence-electron chi connectivity index (χ3n) is 4.70. The van der Waals surface area contributed by atoms with Gasteiger partial charge in [-0.3, -0.25) is 4.90 Å². The maximum atomic E-state index is 12.0. The Balaban J connectivity index is 1.73. The van der Waals surface area contributed by atoms with Gasteiger partial charge in [0.25, 0.3) is 0 Å². The van der Waals surface area contributed by atoms with E-state index in [2.05, 4.69) is 22.5 Å². The minimum absolute atomic E-state index is 0.177. The van der Waals surface area contributed by atoms with Gasteiger partial charge in [0, 0.05) is 19.1 Å². The number of carboxylic acid groups (broad SMARTS) is 1. The van der Waals surface area contributed by atoms with Gasteiger partial charge in [0.1, 0.15) is 0 Å². The number of hydrogen-bond acceptors (Lipinski definition) is 3. The highest BCUT2D eigenvalue weighted by Crippen LogP contribution is 2.17. The van der Waals surface area contributed by atoms with Crippen LogP contribution in [0, 0.1) is 0 Å². The fourth-order valence-corrected chi connectivity index (χ4v) is 3.17. The van der Waals surface area contributed by atoms with E-state index in [-0.39, 0.29) is 11.6 Å². The number of carbonyl (C=O) groups is 2. The average molecular weight is 347 g/mol. The predicted octanol–water partition coefficient (Wildman–Crippen LogP) is 2.84. The lowest BCUT2D eigenvalue weighted by Crippen LogP contribution is -2.48. The first-order valence-corrected chi connectivity index (χ1v) is 9.18. The number of unbranched alkanes of at least 4 members (excludes halogenated alkanes) is 1. The molecule has 6 nitrogen and oxygen atoms in total. The summed E-state index contributed by atoms with van der Waals surface area (Å²) < 4.78 is 0. The van der Waals surface area contributed by atoms with Crippen LogP contribution in [-0.4, -0.2) is 47.7 Å². The highest BCUT2D eigenvalue weighted by atomic mass is 16.4. The van der Waals surface area contributed by atoms with Crippen LogP contribution in [0.5, 0.6) is 0 Å². The maximum absolute atomic E-state index is 12.0. The Morgan fingerprint density at radius 2 is 1.96 bits per heavy atom. The van der Waals surface area contributed by atoms with Crippen LogP contribution in [-0.2, 0) is 6.54 Å². The third kappa shape index (κ3) is 6.38. The number of benzene rings is 1. The number of likely N-dealkylation sites (tertiary alicyclic amines) is 1. The lowest BCUT2D eigenvalue weighted by Gasteiger charge is -2.35. The van der Waals surface area contributed by atoms with Crippen LogP contribution in [0.15, 0.2) is 24.3 Å². The van der Waals surface area contributed by atoms with Gasteiger partial charge >= 0.3 is 12.0 Å². The topological polar surface area (TPSA) is 81.7 Å². The molecule has 0 spiro atoms. The molecule has 25 heavy (non-hydrogen) atoms. The van der Waals surface area contributed by atoms with Gasteiger partial charge in [0.15, 0.2) is 0 Å². The minimum Gasteiger partial charge on any atom is -0.478 e. The summed E-state index contributed by atoms with van der Waals surface area (Å²) in [6.45, 7) is 5.50. The minimum atomic E-state index is -0.947. The van der Waals surface area contributed by atoms with Crippen molar-refractivity contribution >= 4 is 12.0 Å². The summed E-state index contributed by atoms with van der Waals surface area (Å²) in [7, 11) is 0. The van der Waals surface area contributed by atoms with Gasteiger partial charge < -0.3 is 15.7 Å². The molecule has 1 atom stereocenters. The number of carbonyl (C=O) groups excluding carboxylic acids is 1. The fourth-order valence-electron chi connectivity index (χ4n) is 3.17. The smallest absolute Gasteiger partial charge is 0.335 e. The molecular formula is C19H29N3O3. The van der Waals surface area contributed by atoms with Gasteiger partial charge in [0.2, 0.25) is 0 Å². The van der Waals surface area contributed by atoms with Crippen LogP contribution in [0.25, 0.3) is 0 Å². The van der Waals surface area contributed by atoms with Gasteiger partial charge in [-0.2, -0.15) is 0 Å². The largest absolute Gasteiger partial charge is 0.478 e. The predicted molar refractivity (Wildman–Crippen MR) is 97.8 cm³/mol. The second-order valence-electron chi connectivity index (χ2n) is 6.60. The Morgan fingerprint density at radius 3 is 2.64 bits per heavy atom. The number of urea groups is 1. The summed E-state index contributed by atoms with van der Waals surface area (Å²) in [4.78, 5) is 25.3. The van der Waals surface area contributed by atoms with E-state index in [0.717, 1.165) is 25.1 Å². The van der Waals surface area contributed by atoms with Gasteiger partial charge in [-0.15, -0.1) is 0 Å². The van der Waals surface area contributed by atoms with Crippen molar-refractivity contribution in [2.24, 2.45) is 0 Å². The molecule has 1 aliphatic heterocycles. The van der Waals surface area contributed by atoms with Gasteiger partial charge in [-0.05, 0) is 50.0 Å². The van der Waals surface area contributed by atoms with Crippen molar-refractivity contribution in [1.29, 1.82) is 0 Å². The Hall–Kier alpha value is -2.08. The lowest BCUT2D eigenvalue weighted by atomic mass is 10.0. The molecular weight excluding hydrogens is 318 g/mol. The van der Waals surface area contributed by atoms with Crippen LogP contribution >= 0.6 is 0 Å². The quantitative estimate of drug-likeness (QED) is 0.675. The van der Waals surface area contributed by atoms with E-state index < -0.39 is 5.97 Å². The molecule has 6 heteroatoms. The molecule has 1 unspecified atom stereocenters. The lowest BCUT2D eigenvalue weighted by molar-refractivity contribution is 0.0697. The molecule has 0 aliphatic carbocycles. The highest BCUT2D eigenvalue weighted by Gasteiger charge is 2.22. The molecule has 1 aromatic carbocycles. The van der Waals surface area contributed by atoms with Crippen molar-refractivity contribution in [3.8, 4) is 0 Å². The molecule has 0 saturated carbocycles. The van der Waals surface area contributed by atoms with Crippen molar-refractivity contribution in [3.05, 3.63) is 35.4 Å². The van der Waals surface area contributed by atoms with E-state index in [1.165, 1.54) is 25.7 Å². The normalized spacial score (nSPS) is 17.9. The molecule has 0 aromatic heterocycles. The van der Waals surface area contributed by atoms with Crippen molar-refractivity contribution in [2.75, 3.05) is 19.6 Å². The van der Waals surface area contributed by atoms with Crippen LogP contribution in [0.4, 0.5) is 4.79 Å². The molecule has 2 rings (SSSR count). The van der Waals surface area contributed by atoms with Crippen LogP contribution in [0.2, 0.25) is 0 Å². The Labute approximate surface area is 149 Å². The van der Waals surface area contributed by atoms with E-state index in [4.69, 9.17) is 5.11 Å². The van der Waals surface area contributed by atoms with Crippen LogP contribution in [0.3, 0.4) is 0 Å². The Bertz CT molecular complexity index is 560. The SMILES string of the molecule is CCCCN1CCCCC1CNC(=O)NCc1ccc(C(=O)O)cc1. The van der Waals surface area contributed by atoms with Crippen LogP contribution in [0.1, 0.15) is 54.9 Å². The van der Waals surface area contributed by atoms with Crippen molar-refractivity contribution in [1.82, 2.24) is 15.5 Å². The van der Waals surface area contributed by atoms with Crippen LogP contribution < -0.4 is 10.6 Å². The van der Waals surface area contributed by atoms with E-state index in [9.17, 15) is 9.59 Å². The van der Waals surface area contributed by atoms with Crippen molar-refractivity contribution in [3.63, 3.8) is 0 Å². The Kier molecular flexibility index (Phi) is 7.73. The van der Waals surface area contributed by atoms with Gasteiger partial charge in [0.05, 0.1) is 5.56 Å². The maximum Gasteiger partial charge on any atom is 0.335 e. The number of hydrogen-bond donors (Lipinski definition) is 3. The molecule has 138 valence electrons. The van der Waals surface area contributed by atoms with E-state index in [1.807, 2.05) is 0 Å². The number of aromatic carboxylic acids is 1. The summed E-state index contributed by atoms with van der Waals surface area (Å²) in [5, 5.41) is 14.7. The average Bonchev–Trinajstić information content (AvgIpc) is 2.64. The van der Waals surface area contributed by atoms with Gasteiger partial charge in [-0.25, -0.2) is 9.59 Å². The summed E-state index contributed by atoms with van der Waals surface area (Å²) in [6, 6.07) is 6.79. The standard InChI is InChI=1S/C19H29N3O3/c1-2-3-11-22-12-5-4-6-17(22)14-21-19(25)20-13-15-7-9-16(10-8-15)18(23)24/h7-10,17H,2-6,11-14H2,1H3,(H,23,24)(H2,20,21,25). The number of amides is 2. The van der Waals surface area contributed by atoms with Crippen molar-refractivity contribution < 1.29 is 14.7 Å². The molecule has 1 aromatic rings. The number of rotatable bonds is 8. The Morgan fingerprint density at radius 1 is 1.20 bits per heavy atom. The highest BCUT2D eigenvalue weighted by molar-refractivity contribution is 5.87. The monoisotopic (exact) mass is 347 g/mol. The molecule has 2 amide bonds. The number of carboxylic acids is 1. The van der Waals surface area contributed by atoms with Gasteiger partial charge in [-0.1, -0.05) is 31.9 Å². The molecule has 1 aliphatic rings. The van der Waals surface area contributed by atoms with E-state index in [1.54, 1.807) is 24.3 Å². The summed E-state index contributed by atoms with van der Waals surface area (Å²) in [5.74, 6) is -0.947. The fraction of sp³-hybridized carbons (Fsp3) is 0.579. The zero-order chi connectivity index (χ0) is 18.1. The van der Waals surface area contributed by atoms with Crippen molar-refractivity contribution in [2.45, 2.75) is 51.6 Å². The second kappa shape index (κ2) is 10.0. The zero-order valence-electron chi connectivity index (χ0n) is 15.0. The molecule has 1 fully saturated rings. The molecule has 1 heterocycles. The van der Waals surface area contributed by atoms with E-state index >= 15 is 0 Å². The molecule has 0 radical (unpaired) electrons. The second-order valence-corrected chi connectivity index (χ2v) is 6.60. The number of nitrogens with zero attached hydrogens (tertiary/aromatic N) is 1. The first kappa shape index (κ1) is 19.2. The molecule has 0 bridgehead atoms. The number of piperidine rings is 1. The summed E-state index contributed by atoms with van der Waals surface area (Å²) in [6.07, 6.45) is 6.01. The molecule has 3 N–H and O–H groups in total. The van der Waals surface area contributed by atoms with E-state index in [0.29, 0.717) is 19.1 Å². The summed E-state index contributed by atoms with van der Waals surface area (Å²) >= 11 is 0. The number of nitrogens with one attached hydrogen (secondary N) is 2.